The van der Waals surface area contributed by atoms with Crippen molar-refractivity contribution in [3.8, 4) is 22.8 Å². The summed E-state index contributed by atoms with van der Waals surface area (Å²) in [4.78, 5) is 13.9. The SMILES string of the molecule is CC[C@H](O)Cc1nc(-c2cncc([C@@]34CC[C@@H](c5cc(-c6c(F)cccc6F)nnc53)C4(C)C)n2)n[nH]1. The Morgan fingerprint density at radius 3 is 2.65 bits per heavy atom. The van der Waals surface area contributed by atoms with Crippen LogP contribution < -0.4 is 0 Å². The van der Waals surface area contributed by atoms with Crippen LogP contribution in [0, 0.1) is 17.0 Å². The minimum atomic E-state index is -0.665. The van der Waals surface area contributed by atoms with Gasteiger partial charge in [0, 0.05) is 12.6 Å². The number of H-pyrrole nitrogens is 1. The molecule has 2 bridgehead atoms. The number of benzene rings is 1. The Balaban J connectivity index is 1.43. The van der Waals surface area contributed by atoms with E-state index in [1.807, 2.05) is 6.92 Å². The number of hydrogen-bond donors (Lipinski definition) is 2. The molecule has 0 unspecified atom stereocenters. The maximum absolute atomic E-state index is 14.5. The van der Waals surface area contributed by atoms with E-state index < -0.39 is 23.2 Å². The molecule has 3 heterocycles. The number of hydrogen-bond acceptors (Lipinski definition) is 7. The van der Waals surface area contributed by atoms with Crippen molar-refractivity contribution in [2.24, 2.45) is 5.41 Å². The summed E-state index contributed by atoms with van der Waals surface area (Å²) in [7, 11) is 0. The van der Waals surface area contributed by atoms with E-state index in [9.17, 15) is 13.9 Å². The maximum atomic E-state index is 14.5. The van der Waals surface area contributed by atoms with Crippen LogP contribution in [0.25, 0.3) is 22.8 Å². The fourth-order valence-corrected chi connectivity index (χ4v) is 6.30. The van der Waals surface area contributed by atoms with Gasteiger partial charge in [0.25, 0.3) is 0 Å². The zero-order valence-electron chi connectivity index (χ0n) is 20.8. The van der Waals surface area contributed by atoms with Crippen LogP contribution in [0.15, 0.2) is 36.7 Å². The molecule has 0 saturated heterocycles. The molecule has 0 radical (unpaired) electrons. The molecule has 2 aliphatic carbocycles. The molecule has 2 aliphatic rings. The van der Waals surface area contributed by atoms with E-state index in [0.717, 1.165) is 29.8 Å². The first-order valence-corrected chi connectivity index (χ1v) is 12.5. The second-order valence-corrected chi connectivity index (χ2v) is 10.5. The number of aliphatic hydroxyl groups excluding tert-OH is 1. The van der Waals surface area contributed by atoms with Gasteiger partial charge in [-0.2, -0.15) is 10.2 Å². The normalized spacial score (nSPS) is 22.3. The first-order chi connectivity index (χ1) is 17.8. The van der Waals surface area contributed by atoms with Crippen molar-refractivity contribution >= 4 is 0 Å². The molecule has 37 heavy (non-hydrogen) atoms. The zero-order chi connectivity index (χ0) is 25.9. The van der Waals surface area contributed by atoms with E-state index in [-0.39, 0.29) is 22.6 Å². The van der Waals surface area contributed by atoms with E-state index in [2.05, 4.69) is 44.2 Å². The van der Waals surface area contributed by atoms with Gasteiger partial charge in [0.05, 0.1) is 40.4 Å². The molecule has 1 aromatic carbocycles. The van der Waals surface area contributed by atoms with Gasteiger partial charge < -0.3 is 5.11 Å². The summed E-state index contributed by atoms with van der Waals surface area (Å²) in [6.45, 7) is 6.27. The minimum absolute atomic E-state index is 0.127. The summed E-state index contributed by atoms with van der Waals surface area (Å²) in [6, 6.07) is 5.58. The Hall–Kier alpha value is -3.66. The van der Waals surface area contributed by atoms with Crippen molar-refractivity contribution in [1.82, 2.24) is 35.3 Å². The predicted molar refractivity (Wildman–Crippen MR) is 131 cm³/mol. The fraction of sp³-hybridized carbons (Fsp3) is 0.407. The number of halogens is 2. The molecule has 190 valence electrons. The predicted octanol–water partition coefficient (Wildman–Crippen LogP) is 4.51. The molecular formula is C27H27F2N7O. The Kier molecular flexibility index (Phi) is 5.41. The Morgan fingerprint density at radius 1 is 1.11 bits per heavy atom. The highest BCUT2D eigenvalue weighted by Gasteiger charge is 2.65. The molecule has 3 atom stereocenters. The Bertz CT molecular complexity index is 1480. The van der Waals surface area contributed by atoms with Crippen LogP contribution in [0.4, 0.5) is 8.78 Å². The summed E-state index contributed by atoms with van der Waals surface area (Å²) < 4.78 is 29.0. The van der Waals surface area contributed by atoms with E-state index >= 15 is 0 Å². The van der Waals surface area contributed by atoms with E-state index in [4.69, 9.17) is 4.98 Å². The number of nitrogens with zero attached hydrogens (tertiary/aromatic N) is 6. The first-order valence-electron chi connectivity index (χ1n) is 12.5. The van der Waals surface area contributed by atoms with E-state index in [0.29, 0.717) is 30.2 Å². The van der Waals surface area contributed by atoms with Crippen molar-refractivity contribution in [3.63, 3.8) is 0 Å². The zero-order valence-corrected chi connectivity index (χ0v) is 20.8. The van der Waals surface area contributed by atoms with Crippen LogP contribution in [0.2, 0.25) is 0 Å². The smallest absolute Gasteiger partial charge is 0.201 e. The van der Waals surface area contributed by atoms with Gasteiger partial charge in [0.1, 0.15) is 23.2 Å². The van der Waals surface area contributed by atoms with Crippen LogP contribution in [-0.2, 0) is 11.8 Å². The first kappa shape index (κ1) is 23.7. The summed E-state index contributed by atoms with van der Waals surface area (Å²) >= 11 is 0. The van der Waals surface area contributed by atoms with Gasteiger partial charge in [-0.05, 0) is 54.4 Å². The molecule has 3 aromatic heterocycles. The van der Waals surface area contributed by atoms with Gasteiger partial charge in [-0.15, -0.1) is 5.10 Å². The lowest BCUT2D eigenvalue weighted by molar-refractivity contribution is 0.168. The summed E-state index contributed by atoms with van der Waals surface area (Å²) in [5, 5.41) is 26.0. The molecular weight excluding hydrogens is 476 g/mol. The van der Waals surface area contributed by atoms with Gasteiger partial charge in [-0.25, -0.2) is 18.7 Å². The lowest BCUT2D eigenvalue weighted by Gasteiger charge is -2.37. The molecule has 6 rings (SSSR count). The van der Waals surface area contributed by atoms with Gasteiger partial charge in [0.2, 0.25) is 5.82 Å². The quantitative estimate of drug-likeness (QED) is 0.398. The van der Waals surface area contributed by atoms with Crippen molar-refractivity contribution in [3.05, 3.63) is 71.1 Å². The molecule has 8 nitrogen and oxygen atoms in total. The average Bonchev–Trinajstić information content (AvgIpc) is 3.51. The second-order valence-electron chi connectivity index (χ2n) is 10.5. The molecule has 1 saturated carbocycles. The third-order valence-electron chi connectivity index (χ3n) is 8.33. The third-order valence-corrected chi connectivity index (χ3v) is 8.33. The summed E-state index contributed by atoms with van der Waals surface area (Å²) in [5.41, 5.74) is 2.18. The monoisotopic (exact) mass is 503 g/mol. The Labute approximate surface area is 212 Å². The largest absolute Gasteiger partial charge is 0.393 e. The second kappa shape index (κ2) is 8.44. The third kappa shape index (κ3) is 3.42. The molecule has 1 fully saturated rings. The summed E-state index contributed by atoms with van der Waals surface area (Å²) in [5.74, 6) is -0.209. The molecule has 0 spiro atoms. The summed E-state index contributed by atoms with van der Waals surface area (Å²) in [6.07, 6.45) is 5.57. The number of aromatic amines is 1. The molecule has 2 N–H and O–H groups in total. The number of aromatic nitrogens is 7. The van der Waals surface area contributed by atoms with Gasteiger partial charge in [-0.1, -0.05) is 26.8 Å². The minimum Gasteiger partial charge on any atom is -0.393 e. The highest BCUT2D eigenvalue weighted by Crippen LogP contribution is 2.69. The lowest BCUT2D eigenvalue weighted by atomic mass is 9.66. The molecule has 10 heteroatoms. The van der Waals surface area contributed by atoms with Crippen molar-refractivity contribution in [1.29, 1.82) is 0 Å². The lowest BCUT2D eigenvalue weighted by Crippen LogP contribution is -2.38. The van der Waals surface area contributed by atoms with E-state index in [1.54, 1.807) is 18.5 Å². The fourth-order valence-electron chi connectivity index (χ4n) is 6.30. The van der Waals surface area contributed by atoms with Gasteiger partial charge >= 0.3 is 0 Å². The van der Waals surface area contributed by atoms with Crippen LogP contribution in [0.5, 0.6) is 0 Å². The highest BCUT2D eigenvalue weighted by atomic mass is 19.1. The molecule has 0 amide bonds. The van der Waals surface area contributed by atoms with Crippen molar-refractivity contribution in [2.45, 2.75) is 63.9 Å². The number of aliphatic hydroxyl groups is 1. The average molecular weight is 504 g/mol. The highest BCUT2D eigenvalue weighted by molar-refractivity contribution is 5.64. The van der Waals surface area contributed by atoms with Crippen molar-refractivity contribution in [2.75, 3.05) is 0 Å². The molecule has 4 aromatic rings. The number of rotatable bonds is 6. The van der Waals surface area contributed by atoms with Gasteiger partial charge in [-0.3, -0.25) is 10.1 Å². The van der Waals surface area contributed by atoms with Crippen LogP contribution in [0.3, 0.4) is 0 Å². The van der Waals surface area contributed by atoms with Crippen molar-refractivity contribution < 1.29 is 13.9 Å². The standard InChI is InChI=1S/C27H27F2N7O/c1-4-14(37)10-22-32-25(36-34-22)20-12-30-13-21(31-20)27-9-8-16(26(27,2)3)15-11-19(33-35-24(15)27)23-17(28)6-5-7-18(23)29/h5-7,11-14,16,37H,4,8-10H2,1-3H3,(H,32,34,36)/t14-,16-,27-/m0/s1. The van der Waals surface area contributed by atoms with Crippen LogP contribution >= 0.6 is 0 Å². The number of fused-ring (bicyclic) bond motifs is 5. The van der Waals surface area contributed by atoms with Gasteiger partial charge in [0.15, 0.2) is 0 Å². The van der Waals surface area contributed by atoms with E-state index in [1.165, 1.54) is 18.2 Å². The topological polar surface area (TPSA) is 113 Å². The Morgan fingerprint density at radius 2 is 1.89 bits per heavy atom. The molecule has 0 aliphatic heterocycles. The van der Waals surface area contributed by atoms with Crippen LogP contribution in [0.1, 0.15) is 68.7 Å². The van der Waals surface area contributed by atoms with Crippen LogP contribution in [-0.4, -0.2) is 46.6 Å². The number of nitrogens with one attached hydrogen (secondary N) is 1. The maximum Gasteiger partial charge on any atom is 0.201 e.